The Morgan fingerprint density at radius 3 is 2.80 bits per heavy atom. The van der Waals surface area contributed by atoms with Gasteiger partial charge in [0.15, 0.2) is 5.17 Å². The number of thioether (sulfide) groups is 1. The average molecular weight is 240 g/mol. The highest BCUT2D eigenvalue weighted by Crippen LogP contribution is 2.23. The van der Waals surface area contributed by atoms with E-state index in [1.54, 1.807) is 0 Å². The highest BCUT2D eigenvalue weighted by atomic mass is 32.2. The predicted octanol–water partition coefficient (Wildman–Crippen LogP) is 3.03. The molecule has 0 aliphatic carbocycles. The summed E-state index contributed by atoms with van der Waals surface area (Å²) in [5.41, 5.74) is 0.203. The minimum Gasteiger partial charge on any atom is -0.359 e. The summed E-state index contributed by atoms with van der Waals surface area (Å²) in [6, 6.07) is 4.31. The average Bonchev–Trinajstić information content (AvgIpc) is 2.69. The van der Waals surface area contributed by atoms with Crippen LogP contribution in [0.1, 0.15) is 23.6 Å². The summed E-state index contributed by atoms with van der Waals surface area (Å²) >= 11 is 3.65. The molecule has 0 bridgehead atoms. The Morgan fingerprint density at radius 1 is 1.47 bits per heavy atom. The standard InChI is InChI=1S/C11H16N2S2/c1-8-4-5-9(15-8)6-12-10-13-11(2,3)7-14-10/h4-5H,6-7H2,1-3H3,(H,12,13). The van der Waals surface area contributed by atoms with Crippen molar-refractivity contribution in [1.82, 2.24) is 5.32 Å². The Kier molecular flexibility index (Phi) is 3.07. The van der Waals surface area contributed by atoms with Gasteiger partial charge in [-0.15, -0.1) is 11.3 Å². The maximum Gasteiger partial charge on any atom is 0.157 e. The molecule has 15 heavy (non-hydrogen) atoms. The van der Waals surface area contributed by atoms with E-state index in [9.17, 15) is 0 Å². The number of aryl methyl sites for hydroxylation is 1. The first-order valence-corrected chi connectivity index (χ1v) is 6.86. The monoisotopic (exact) mass is 240 g/mol. The third kappa shape index (κ3) is 2.98. The fourth-order valence-electron chi connectivity index (χ4n) is 1.42. The molecule has 1 aromatic rings. The molecule has 4 heteroatoms. The third-order valence-electron chi connectivity index (χ3n) is 2.19. The fraction of sp³-hybridized carbons (Fsp3) is 0.545. The van der Waals surface area contributed by atoms with Gasteiger partial charge in [0.1, 0.15) is 0 Å². The molecule has 0 unspecified atom stereocenters. The van der Waals surface area contributed by atoms with Crippen LogP contribution in [0.25, 0.3) is 0 Å². The van der Waals surface area contributed by atoms with E-state index in [4.69, 9.17) is 0 Å². The lowest BCUT2D eigenvalue weighted by molar-refractivity contribution is 0.536. The SMILES string of the molecule is Cc1ccc(CN=C2NC(C)(C)CS2)s1. The lowest BCUT2D eigenvalue weighted by Crippen LogP contribution is -2.36. The van der Waals surface area contributed by atoms with Crippen molar-refractivity contribution < 1.29 is 0 Å². The van der Waals surface area contributed by atoms with Crippen LogP contribution in [0, 0.1) is 6.92 Å². The number of nitrogens with one attached hydrogen (secondary N) is 1. The van der Waals surface area contributed by atoms with Gasteiger partial charge in [-0.05, 0) is 32.9 Å². The van der Waals surface area contributed by atoms with Gasteiger partial charge in [0.05, 0.1) is 6.54 Å². The minimum atomic E-state index is 0.203. The van der Waals surface area contributed by atoms with Crippen LogP contribution in [0.2, 0.25) is 0 Å². The summed E-state index contributed by atoms with van der Waals surface area (Å²) in [5.74, 6) is 1.11. The molecule has 1 saturated heterocycles. The van der Waals surface area contributed by atoms with Crippen LogP contribution >= 0.6 is 23.1 Å². The minimum absolute atomic E-state index is 0.203. The van der Waals surface area contributed by atoms with Crippen molar-refractivity contribution >= 4 is 28.3 Å². The number of hydrogen-bond donors (Lipinski definition) is 1. The van der Waals surface area contributed by atoms with Crippen molar-refractivity contribution in [1.29, 1.82) is 0 Å². The molecule has 0 saturated carbocycles. The first-order chi connectivity index (χ1) is 7.05. The molecule has 2 heterocycles. The van der Waals surface area contributed by atoms with Gasteiger partial charge in [-0.3, -0.25) is 4.99 Å². The summed E-state index contributed by atoms with van der Waals surface area (Å²) in [4.78, 5) is 7.28. The number of hydrogen-bond acceptors (Lipinski definition) is 3. The van der Waals surface area contributed by atoms with Gasteiger partial charge in [-0.1, -0.05) is 11.8 Å². The second-order valence-corrected chi connectivity index (χ2v) is 6.77. The van der Waals surface area contributed by atoms with Crippen LogP contribution in [0.4, 0.5) is 0 Å². The van der Waals surface area contributed by atoms with E-state index in [-0.39, 0.29) is 5.54 Å². The van der Waals surface area contributed by atoms with E-state index in [0.717, 1.165) is 17.5 Å². The number of amidine groups is 1. The summed E-state index contributed by atoms with van der Waals surface area (Å²) in [6.45, 7) is 7.35. The molecule has 1 aromatic heterocycles. The first-order valence-electron chi connectivity index (χ1n) is 5.06. The van der Waals surface area contributed by atoms with Crippen molar-refractivity contribution in [3.05, 3.63) is 21.9 Å². The molecule has 1 N–H and O–H groups in total. The maximum absolute atomic E-state index is 4.58. The molecule has 1 aliphatic rings. The van der Waals surface area contributed by atoms with E-state index >= 15 is 0 Å². The lowest BCUT2D eigenvalue weighted by atomic mass is 10.1. The molecule has 82 valence electrons. The van der Waals surface area contributed by atoms with Gasteiger partial charge in [0.2, 0.25) is 0 Å². The zero-order valence-electron chi connectivity index (χ0n) is 9.33. The Balaban J connectivity index is 1.95. The highest BCUT2D eigenvalue weighted by Gasteiger charge is 2.26. The summed E-state index contributed by atoms with van der Waals surface area (Å²) in [7, 11) is 0. The van der Waals surface area contributed by atoms with E-state index in [1.807, 2.05) is 23.1 Å². The highest BCUT2D eigenvalue weighted by molar-refractivity contribution is 8.14. The molecule has 1 fully saturated rings. The Morgan fingerprint density at radius 2 is 2.27 bits per heavy atom. The van der Waals surface area contributed by atoms with E-state index in [0.29, 0.717) is 0 Å². The van der Waals surface area contributed by atoms with E-state index < -0.39 is 0 Å². The fourth-order valence-corrected chi connectivity index (χ4v) is 3.30. The van der Waals surface area contributed by atoms with Crippen LogP contribution in [0.3, 0.4) is 0 Å². The second kappa shape index (κ2) is 4.18. The number of nitrogens with zero attached hydrogens (tertiary/aromatic N) is 1. The molecular weight excluding hydrogens is 224 g/mol. The second-order valence-electron chi connectivity index (χ2n) is 4.43. The molecule has 0 aromatic carbocycles. The Labute approximate surface area is 99.2 Å². The van der Waals surface area contributed by atoms with Crippen LogP contribution in [0.5, 0.6) is 0 Å². The van der Waals surface area contributed by atoms with E-state index in [2.05, 4.69) is 43.2 Å². The summed E-state index contributed by atoms with van der Waals surface area (Å²) in [6.07, 6.45) is 0. The van der Waals surface area contributed by atoms with Crippen molar-refractivity contribution in [3.8, 4) is 0 Å². The number of rotatable bonds is 2. The first kappa shape index (κ1) is 11.0. The van der Waals surface area contributed by atoms with Crippen LogP contribution in [-0.4, -0.2) is 16.5 Å². The summed E-state index contributed by atoms with van der Waals surface area (Å²) < 4.78 is 0. The zero-order chi connectivity index (χ0) is 10.9. The molecule has 0 radical (unpaired) electrons. The Hall–Kier alpha value is -0.480. The molecule has 0 atom stereocenters. The van der Waals surface area contributed by atoms with Gasteiger partial charge in [0, 0.05) is 21.0 Å². The largest absolute Gasteiger partial charge is 0.359 e. The van der Waals surface area contributed by atoms with Crippen molar-refractivity contribution in [2.45, 2.75) is 32.9 Å². The van der Waals surface area contributed by atoms with Crippen molar-refractivity contribution in [2.75, 3.05) is 5.75 Å². The zero-order valence-corrected chi connectivity index (χ0v) is 11.0. The van der Waals surface area contributed by atoms with E-state index in [1.165, 1.54) is 9.75 Å². The molecule has 2 nitrogen and oxygen atoms in total. The van der Waals surface area contributed by atoms with Crippen molar-refractivity contribution in [3.63, 3.8) is 0 Å². The third-order valence-corrected chi connectivity index (χ3v) is 4.55. The molecule has 0 amide bonds. The van der Waals surface area contributed by atoms with Gasteiger partial charge >= 0.3 is 0 Å². The van der Waals surface area contributed by atoms with Crippen LogP contribution < -0.4 is 5.32 Å². The quantitative estimate of drug-likeness (QED) is 0.859. The molecule has 2 rings (SSSR count). The lowest BCUT2D eigenvalue weighted by Gasteiger charge is -2.15. The Bertz CT molecular complexity index is 380. The predicted molar refractivity (Wildman–Crippen MR) is 69.9 cm³/mol. The van der Waals surface area contributed by atoms with Gasteiger partial charge in [-0.2, -0.15) is 0 Å². The van der Waals surface area contributed by atoms with Crippen LogP contribution in [-0.2, 0) is 6.54 Å². The topological polar surface area (TPSA) is 24.4 Å². The van der Waals surface area contributed by atoms with Crippen molar-refractivity contribution in [2.24, 2.45) is 4.99 Å². The smallest absolute Gasteiger partial charge is 0.157 e. The van der Waals surface area contributed by atoms with Gasteiger partial charge in [-0.25, -0.2) is 0 Å². The molecule has 1 aliphatic heterocycles. The summed E-state index contributed by atoms with van der Waals surface area (Å²) in [5, 5.41) is 4.51. The van der Waals surface area contributed by atoms with Gasteiger partial charge < -0.3 is 5.32 Å². The molecule has 0 spiro atoms. The van der Waals surface area contributed by atoms with Crippen LogP contribution in [0.15, 0.2) is 17.1 Å². The van der Waals surface area contributed by atoms with Gasteiger partial charge in [0.25, 0.3) is 0 Å². The molecular formula is C11H16N2S2. The number of aliphatic imine (C=N–C) groups is 1. The maximum atomic E-state index is 4.58. The number of thiophene rings is 1. The normalized spacial score (nSPS) is 21.9.